The maximum Gasteiger partial charge on any atom is 0.248 e. The van der Waals surface area contributed by atoms with E-state index in [4.69, 9.17) is 11.6 Å². The second-order valence-electron chi connectivity index (χ2n) is 4.97. The number of hydrogen-bond acceptors (Lipinski definition) is 2. The average molecular weight is 293 g/mol. The zero-order chi connectivity index (χ0) is 14.1. The van der Waals surface area contributed by atoms with Crippen molar-refractivity contribution in [3.63, 3.8) is 0 Å². The van der Waals surface area contributed by atoms with Crippen LogP contribution in [0.25, 0.3) is 0 Å². The standard InChI is InChI=1S/C15H14ClFN2O/c16-11-8-9(17)4-6-14(11)18-12-2-1-3-13-10(12)5-7-15(20)19-13/h4-8,12,18H,1-3H2,(H,19,20). The van der Waals surface area contributed by atoms with Crippen LogP contribution in [0.3, 0.4) is 0 Å². The lowest BCUT2D eigenvalue weighted by Crippen LogP contribution is -2.21. The van der Waals surface area contributed by atoms with Crippen LogP contribution < -0.4 is 10.9 Å². The minimum atomic E-state index is -0.353. The van der Waals surface area contributed by atoms with Gasteiger partial charge in [0.25, 0.3) is 0 Å². The molecule has 0 radical (unpaired) electrons. The number of aromatic amines is 1. The fourth-order valence-corrected chi connectivity index (χ4v) is 2.87. The Morgan fingerprint density at radius 3 is 2.95 bits per heavy atom. The molecule has 0 saturated heterocycles. The van der Waals surface area contributed by atoms with Gasteiger partial charge in [0.05, 0.1) is 16.8 Å². The highest BCUT2D eigenvalue weighted by Gasteiger charge is 2.21. The summed E-state index contributed by atoms with van der Waals surface area (Å²) in [5.41, 5.74) is 2.68. The first-order valence-corrected chi connectivity index (χ1v) is 6.95. The monoisotopic (exact) mass is 292 g/mol. The van der Waals surface area contributed by atoms with Gasteiger partial charge in [-0.15, -0.1) is 0 Å². The molecule has 1 heterocycles. The highest BCUT2D eigenvalue weighted by atomic mass is 35.5. The highest BCUT2D eigenvalue weighted by molar-refractivity contribution is 6.33. The van der Waals surface area contributed by atoms with Gasteiger partial charge in [0, 0.05) is 11.8 Å². The number of fused-ring (bicyclic) bond motifs is 1. The summed E-state index contributed by atoms with van der Waals surface area (Å²) >= 11 is 6.04. The molecule has 0 bridgehead atoms. The number of rotatable bonds is 2. The molecule has 2 aromatic rings. The lowest BCUT2D eigenvalue weighted by Gasteiger charge is -2.27. The molecule has 0 saturated carbocycles. The topological polar surface area (TPSA) is 44.9 Å². The van der Waals surface area contributed by atoms with Crippen molar-refractivity contribution in [2.45, 2.75) is 25.3 Å². The van der Waals surface area contributed by atoms with Gasteiger partial charge in [-0.25, -0.2) is 4.39 Å². The molecule has 1 unspecified atom stereocenters. The fraction of sp³-hybridized carbons (Fsp3) is 0.267. The van der Waals surface area contributed by atoms with Crippen LogP contribution >= 0.6 is 11.6 Å². The van der Waals surface area contributed by atoms with Crippen LogP contribution in [-0.4, -0.2) is 4.98 Å². The van der Waals surface area contributed by atoms with Gasteiger partial charge >= 0.3 is 0 Å². The van der Waals surface area contributed by atoms with Crippen molar-refractivity contribution >= 4 is 17.3 Å². The third kappa shape index (κ3) is 2.56. The first-order valence-electron chi connectivity index (χ1n) is 6.57. The summed E-state index contributed by atoms with van der Waals surface area (Å²) < 4.78 is 13.1. The quantitative estimate of drug-likeness (QED) is 0.887. The Labute approximate surface area is 120 Å². The molecule has 1 aliphatic carbocycles. The largest absolute Gasteiger partial charge is 0.377 e. The van der Waals surface area contributed by atoms with E-state index < -0.39 is 0 Å². The van der Waals surface area contributed by atoms with Gasteiger partial charge in [-0.1, -0.05) is 11.6 Å². The average Bonchev–Trinajstić information content (AvgIpc) is 2.41. The molecule has 1 atom stereocenters. The minimum absolute atomic E-state index is 0.0794. The van der Waals surface area contributed by atoms with Crippen molar-refractivity contribution in [1.82, 2.24) is 4.98 Å². The summed E-state index contributed by atoms with van der Waals surface area (Å²) in [7, 11) is 0. The van der Waals surface area contributed by atoms with Crippen molar-refractivity contribution in [3.8, 4) is 0 Å². The number of nitrogens with one attached hydrogen (secondary N) is 2. The zero-order valence-electron chi connectivity index (χ0n) is 10.7. The molecule has 3 rings (SSSR count). The maximum absolute atomic E-state index is 13.1. The summed E-state index contributed by atoms with van der Waals surface area (Å²) in [6.07, 6.45) is 2.82. The Balaban J connectivity index is 1.91. The number of H-pyrrole nitrogens is 1. The van der Waals surface area contributed by atoms with Gasteiger partial charge in [0.15, 0.2) is 0 Å². The SMILES string of the molecule is O=c1ccc2c([nH]1)CCCC2Nc1ccc(F)cc1Cl. The van der Waals surface area contributed by atoms with Crippen LogP contribution in [0, 0.1) is 5.82 Å². The maximum atomic E-state index is 13.1. The predicted octanol–water partition coefficient (Wildman–Crippen LogP) is 3.66. The van der Waals surface area contributed by atoms with Crippen LogP contribution in [0.2, 0.25) is 5.02 Å². The number of hydrogen-bond donors (Lipinski definition) is 2. The molecule has 0 fully saturated rings. The van der Waals surface area contributed by atoms with E-state index in [0.29, 0.717) is 10.7 Å². The molecule has 2 N–H and O–H groups in total. The first kappa shape index (κ1) is 13.2. The van der Waals surface area contributed by atoms with Crippen LogP contribution in [0.4, 0.5) is 10.1 Å². The second-order valence-corrected chi connectivity index (χ2v) is 5.38. The van der Waals surface area contributed by atoms with Crippen LogP contribution in [0.5, 0.6) is 0 Å². The summed E-state index contributed by atoms with van der Waals surface area (Å²) in [4.78, 5) is 14.2. The molecule has 0 amide bonds. The first-order chi connectivity index (χ1) is 9.63. The molecule has 0 spiro atoms. The predicted molar refractivity (Wildman–Crippen MR) is 77.8 cm³/mol. The molecule has 0 aliphatic heterocycles. The number of benzene rings is 1. The van der Waals surface area contributed by atoms with E-state index in [2.05, 4.69) is 10.3 Å². The molecule has 1 aromatic heterocycles. The Morgan fingerprint density at radius 1 is 1.30 bits per heavy atom. The molecule has 20 heavy (non-hydrogen) atoms. The number of anilines is 1. The van der Waals surface area contributed by atoms with Crippen molar-refractivity contribution in [2.24, 2.45) is 0 Å². The normalized spacial score (nSPS) is 17.6. The van der Waals surface area contributed by atoms with E-state index in [1.807, 2.05) is 6.07 Å². The van der Waals surface area contributed by atoms with E-state index in [0.717, 1.165) is 30.5 Å². The third-order valence-corrected chi connectivity index (χ3v) is 3.91. The lowest BCUT2D eigenvalue weighted by molar-refractivity contribution is 0.586. The highest BCUT2D eigenvalue weighted by Crippen LogP contribution is 2.33. The van der Waals surface area contributed by atoms with Gasteiger partial charge in [-0.05, 0) is 49.1 Å². The fourth-order valence-electron chi connectivity index (χ4n) is 2.64. The van der Waals surface area contributed by atoms with E-state index in [9.17, 15) is 9.18 Å². The summed E-state index contributed by atoms with van der Waals surface area (Å²) in [5, 5.41) is 3.69. The number of aromatic nitrogens is 1. The smallest absolute Gasteiger partial charge is 0.248 e. The van der Waals surface area contributed by atoms with Gasteiger partial charge in [-0.3, -0.25) is 4.79 Å². The van der Waals surface area contributed by atoms with E-state index in [1.165, 1.54) is 18.2 Å². The number of halogens is 2. The van der Waals surface area contributed by atoms with Gasteiger partial charge in [0.2, 0.25) is 5.56 Å². The van der Waals surface area contributed by atoms with Crippen molar-refractivity contribution in [3.05, 3.63) is 62.8 Å². The summed E-state index contributed by atoms with van der Waals surface area (Å²) in [5.74, 6) is -0.353. The Morgan fingerprint density at radius 2 is 2.15 bits per heavy atom. The molecule has 5 heteroatoms. The van der Waals surface area contributed by atoms with Crippen LogP contribution in [0.15, 0.2) is 35.1 Å². The number of aryl methyl sites for hydroxylation is 1. The molecule has 3 nitrogen and oxygen atoms in total. The number of pyridine rings is 1. The second kappa shape index (κ2) is 5.29. The van der Waals surface area contributed by atoms with Gasteiger partial charge < -0.3 is 10.3 Å². The van der Waals surface area contributed by atoms with Crippen molar-refractivity contribution < 1.29 is 4.39 Å². The van der Waals surface area contributed by atoms with Crippen molar-refractivity contribution in [1.29, 1.82) is 0 Å². The van der Waals surface area contributed by atoms with Crippen LogP contribution in [-0.2, 0) is 6.42 Å². The van der Waals surface area contributed by atoms with Gasteiger partial charge in [-0.2, -0.15) is 0 Å². The third-order valence-electron chi connectivity index (χ3n) is 3.59. The van der Waals surface area contributed by atoms with E-state index in [1.54, 1.807) is 6.07 Å². The molecular formula is C15H14ClFN2O. The zero-order valence-corrected chi connectivity index (χ0v) is 11.5. The summed E-state index contributed by atoms with van der Waals surface area (Å²) in [6, 6.07) is 7.77. The van der Waals surface area contributed by atoms with Gasteiger partial charge in [0.1, 0.15) is 5.82 Å². The van der Waals surface area contributed by atoms with E-state index in [-0.39, 0.29) is 17.4 Å². The van der Waals surface area contributed by atoms with Crippen LogP contribution in [0.1, 0.15) is 30.1 Å². The van der Waals surface area contributed by atoms with Crippen molar-refractivity contribution in [2.75, 3.05) is 5.32 Å². The molecule has 1 aromatic carbocycles. The van der Waals surface area contributed by atoms with E-state index >= 15 is 0 Å². The lowest BCUT2D eigenvalue weighted by atomic mass is 9.91. The molecule has 104 valence electrons. The molecule has 1 aliphatic rings. The Bertz CT molecular complexity index is 699. The Hall–Kier alpha value is -1.81. The molecular weight excluding hydrogens is 279 g/mol. The summed E-state index contributed by atoms with van der Waals surface area (Å²) in [6.45, 7) is 0. The Kier molecular flexibility index (Phi) is 3.49. The minimum Gasteiger partial charge on any atom is -0.377 e.